The molecule has 0 heterocycles. The predicted molar refractivity (Wildman–Crippen MR) is 301 cm³/mol. The Kier molecular flexibility index (Phi) is 9.95. The van der Waals surface area contributed by atoms with Gasteiger partial charge in [0.15, 0.2) is 0 Å². The second kappa shape index (κ2) is 15.3. The zero-order valence-electron chi connectivity index (χ0n) is 35.5. The summed E-state index contributed by atoms with van der Waals surface area (Å²) in [5, 5.41) is 9.61. The van der Waals surface area contributed by atoms with Gasteiger partial charge in [-0.2, -0.15) is 0 Å². The molecule has 0 aliphatic carbocycles. The number of fused-ring (bicyclic) bond motifs is 9. The summed E-state index contributed by atoms with van der Waals surface area (Å²) in [6.45, 7) is 0. The normalized spacial score (nSPS) is 11.9. The first-order chi connectivity index (χ1) is 31.6. The first-order valence-electron chi connectivity index (χ1n) is 21.0. The van der Waals surface area contributed by atoms with Gasteiger partial charge < -0.3 is 0 Å². The van der Waals surface area contributed by atoms with Gasteiger partial charge in [0.05, 0.1) is 0 Å². The number of hydrogen-bond acceptors (Lipinski definition) is 0. The highest BCUT2D eigenvalue weighted by Gasteiger charge is 2.30. The molecule has 28 radical (unpaired) electrons. The summed E-state index contributed by atoms with van der Waals surface area (Å²) >= 11 is 0. The molecule has 0 aliphatic rings. The minimum Gasteiger partial charge on any atom is -0.110 e. The van der Waals surface area contributed by atoms with E-state index in [1.165, 1.54) is 0 Å². The fraction of sp³-hybridized carbons (Fsp3) is 0. The maximum atomic E-state index is 7.51. The van der Waals surface area contributed by atoms with Gasteiger partial charge in [-0.25, -0.2) is 0 Å². The van der Waals surface area contributed by atoms with Crippen molar-refractivity contribution in [3.63, 3.8) is 0 Å². The molecular formula is C52H18B14. The number of rotatable bonds is 3. The molecule has 0 nitrogen and oxygen atoms in total. The van der Waals surface area contributed by atoms with Gasteiger partial charge in [-0.05, 0) is 121 Å². The minimum absolute atomic E-state index is 0.0104. The highest BCUT2D eigenvalue weighted by molar-refractivity contribution is 6.73. The van der Waals surface area contributed by atoms with Crippen LogP contribution >= 0.6 is 0 Å². The van der Waals surface area contributed by atoms with Crippen LogP contribution in [0.3, 0.4) is 0 Å². The molecule has 0 saturated heterocycles. The van der Waals surface area contributed by atoms with E-state index >= 15 is 0 Å². The monoisotopic (exact) mass is 796 g/mol. The van der Waals surface area contributed by atoms with Crippen LogP contribution in [0.1, 0.15) is 0 Å². The van der Waals surface area contributed by atoms with Gasteiger partial charge in [0.2, 0.25) is 0 Å². The fourth-order valence-corrected chi connectivity index (χ4v) is 10.4. The lowest BCUT2D eigenvalue weighted by molar-refractivity contribution is 1.74. The molecular weight excluding hydrogens is 776 g/mol. The van der Waals surface area contributed by atoms with Gasteiger partial charge >= 0.3 is 0 Å². The molecule has 0 amide bonds. The van der Waals surface area contributed by atoms with Crippen molar-refractivity contribution in [2.45, 2.75) is 0 Å². The highest BCUT2D eigenvalue weighted by atomic mass is 14.3. The Labute approximate surface area is 401 Å². The maximum Gasteiger partial charge on any atom is 0.113 e. The lowest BCUT2D eigenvalue weighted by Crippen LogP contribution is -2.50. The van der Waals surface area contributed by atoms with Crippen molar-refractivity contribution in [2.24, 2.45) is 0 Å². The van der Waals surface area contributed by atoms with Crippen LogP contribution in [0, 0.1) is 0 Å². The van der Waals surface area contributed by atoms with Crippen LogP contribution in [0.2, 0.25) is 0 Å². The van der Waals surface area contributed by atoms with E-state index in [9.17, 15) is 0 Å². The summed E-state index contributed by atoms with van der Waals surface area (Å²) in [5.74, 6) is 0. The summed E-state index contributed by atoms with van der Waals surface area (Å²) in [7, 11) is 99.1. The second-order valence-electron chi connectivity index (χ2n) is 16.9. The number of hydrogen-bond donors (Lipinski definition) is 0. The van der Waals surface area contributed by atoms with E-state index in [1.807, 2.05) is 91.0 Å². The molecule has 0 fully saturated rings. The third-order valence-corrected chi connectivity index (χ3v) is 13.6. The van der Waals surface area contributed by atoms with E-state index < -0.39 is 0 Å². The van der Waals surface area contributed by atoms with Crippen molar-refractivity contribution in [3.05, 3.63) is 109 Å². The third kappa shape index (κ3) is 5.72. The molecule has 0 spiro atoms. The molecule has 0 unspecified atom stereocenters. The lowest BCUT2D eigenvalue weighted by Gasteiger charge is -2.32. The van der Waals surface area contributed by atoms with E-state index in [1.54, 1.807) is 0 Å². The molecule has 0 aromatic heterocycles. The van der Waals surface area contributed by atoms with E-state index in [-0.39, 0.29) is 87.6 Å². The van der Waals surface area contributed by atoms with Crippen LogP contribution in [-0.2, 0) is 0 Å². The van der Waals surface area contributed by atoms with Gasteiger partial charge in [0, 0.05) is 0 Å². The molecule has 0 N–H and O–H groups in total. The van der Waals surface area contributed by atoms with Crippen LogP contribution in [0.15, 0.2) is 109 Å². The Morgan fingerprint density at radius 2 is 0.455 bits per heavy atom. The van der Waals surface area contributed by atoms with Crippen LogP contribution < -0.4 is 76.5 Å². The van der Waals surface area contributed by atoms with Crippen molar-refractivity contribution >= 4 is 262 Å². The van der Waals surface area contributed by atoms with Crippen molar-refractivity contribution in [2.75, 3.05) is 0 Å². The second-order valence-corrected chi connectivity index (χ2v) is 16.9. The molecule has 268 valence electrons. The van der Waals surface area contributed by atoms with Crippen molar-refractivity contribution in [1.29, 1.82) is 0 Å². The smallest absolute Gasteiger partial charge is 0.110 e. The average Bonchev–Trinajstić information content (AvgIpc) is 3.34. The quantitative estimate of drug-likeness (QED) is 0.109. The van der Waals surface area contributed by atoms with Gasteiger partial charge in [-0.1, -0.05) is 141 Å². The van der Waals surface area contributed by atoms with Crippen molar-refractivity contribution < 1.29 is 0 Å². The lowest BCUT2D eigenvalue weighted by atomic mass is 9.57. The van der Waals surface area contributed by atoms with Crippen LogP contribution in [0.25, 0.3) is 109 Å². The minimum atomic E-state index is 0.0104. The fourth-order valence-electron chi connectivity index (χ4n) is 10.4. The summed E-state index contributed by atoms with van der Waals surface area (Å²) in [6.07, 6.45) is 0. The summed E-state index contributed by atoms with van der Waals surface area (Å²) in [5.41, 5.74) is 3.81. The molecule has 11 aromatic carbocycles. The molecule has 66 heavy (non-hydrogen) atoms. The Morgan fingerprint density at radius 1 is 0.197 bits per heavy atom. The molecule has 0 atom stereocenters. The standard InChI is InChI=1S/C52H18B14/c53-39-30(28-18-20-10-2-4-12-22(20)24-14-6-8-16-26(24)28)34-38(46(60)52(66)49(63)43(34)57)37(40(39)54)31-35-32(41(55)47(61)50(64)44(35)58)29(33-36(31)45(59)51(65)48(62)42(33)56)27-17-19-9-1-3-11-21(19)23-13-5-7-15-25(23)27/h1-18H. The third-order valence-electron chi connectivity index (χ3n) is 13.6. The summed E-state index contributed by atoms with van der Waals surface area (Å²) < 4.78 is 0. The van der Waals surface area contributed by atoms with Crippen molar-refractivity contribution in [3.8, 4) is 33.4 Å². The molecule has 0 bridgehead atoms. The summed E-state index contributed by atoms with van der Waals surface area (Å²) in [6, 6.07) is 36.2. The van der Waals surface area contributed by atoms with Gasteiger partial charge in [0.25, 0.3) is 0 Å². The van der Waals surface area contributed by atoms with Crippen molar-refractivity contribution in [1.82, 2.24) is 0 Å². The Hall–Kier alpha value is -5.85. The first kappa shape index (κ1) is 42.8. The molecule has 0 saturated carbocycles. The largest absolute Gasteiger partial charge is 0.113 e. The topological polar surface area (TPSA) is 0 Å². The molecule has 11 aromatic rings. The Bertz CT molecular complexity index is 3970. The molecule has 0 aliphatic heterocycles. The SMILES string of the molecule is [B]c1c([B])c([B])c2c(-c3c4c([B])c([B])c([B])c([B])c4c(-c4cc5ccccc5c5ccccc45)c4c([B])c([B])c([B])c([B])c34)c([B])c([B])c(-c3cc4ccccc4c4ccccc34)c2c1[B]. The van der Waals surface area contributed by atoms with E-state index in [0.717, 1.165) is 48.7 Å². The van der Waals surface area contributed by atoms with E-state index in [0.29, 0.717) is 49.0 Å². The first-order valence-corrected chi connectivity index (χ1v) is 21.0. The Morgan fingerprint density at radius 3 is 0.833 bits per heavy atom. The molecule has 11 rings (SSSR count). The van der Waals surface area contributed by atoms with Gasteiger partial charge in [-0.3, -0.25) is 0 Å². The van der Waals surface area contributed by atoms with Gasteiger partial charge in [-0.15, -0.1) is 32.8 Å². The van der Waals surface area contributed by atoms with E-state index in [2.05, 4.69) is 18.2 Å². The average molecular weight is 794 g/mol. The van der Waals surface area contributed by atoms with Gasteiger partial charge in [0.1, 0.15) is 110 Å². The maximum absolute atomic E-state index is 7.51. The van der Waals surface area contributed by atoms with Crippen LogP contribution in [0.5, 0.6) is 0 Å². The zero-order chi connectivity index (χ0) is 46.4. The van der Waals surface area contributed by atoms with Crippen LogP contribution in [-0.4, -0.2) is 110 Å². The Balaban J connectivity index is 1.45. The summed E-state index contributed by atoms with van der Waals surface area (Å²) in [4.78, 5) is 0. The zero-order valence-corrected chi connectivity index (χ0v) is 35.5. The van der Waals surface area contributed by atoms with Crippen LogP contribution in [0.4, 0.5) is 0 Å². The van der Waals surface area contributed by atoms with E-state index in [4.69, 9.17) is 110 Å². The molecule has 14 heteroatoms. The highest BCUT2D eigenvalue weighted by Crippen LogP contribution is 2.46. The number of benzene rings is 11. The predicted octanol–water partition coefficient (Wildman–Crippen LogP) is -2.13.